The zero-order valence-electron chi connectivity index (χ0n) is 17.3. The van der Waals surface area contributed by atoms with Gasteiger partial charge in [-0.3, -0.25) is 0 Å². The maximum Gasteiger partial charge on any atom is 0.0403 e. The van der Waals surface area contributed by atoms with Crippen molar-refractivity contribution in [1.29, 1.82) is 0 Å². The van der Waals surface area contributed by atoms with Crippen molar-refractivity contribution in [3.8, 4) is 0 Å². The van der Waals surface area contributed by atoms with Crippen molar-refractivity contribution in [2.75, 3.05) is 6.67 Å². The van der Waals surface area contributed by atoms with Gasteiger partial charge in [-0.1, -0.05) is 116 Å². The fraction of sp³-hybridized carbons (Fsp3) is 0.455. The van der Waals surface area contributed by atoms with E-state index >= 15 is 0 Å². The molecule has 4 N–H and O–H groups in total. The number of hydrogen-bond donors (Lipinski definition) is 2. The van der Waals surface area contributed by atoms with Gasteiger partial charge in [0.2, 0.25) is 0 Å². The summed E-state index contributed by atoms with van der Waals surface area (Å²) in [5.74, 6) is 0. The lowest BCUT2D eigenvalue weighted by Crippen LogP contribution is -2.08. The normalized spacial score (nSPS) is 7.08. The van der Waals surface area contributed by atoms with Crippen LogP contribution in [0.15, 0.2) is 60.7 Å². The van der Waals surface area contributed by atoms with Crippen LogP contribution in [0.5, 0.6) is 0 Å². The Kier molecular flexibility index (Phi) is 41.7. The summed E-state index contributed by atoms with van der Waals surface area (Å²) in [6, 6.07) is 21.1. The molecule has 0 aliphatic carbocycles. The Balaban J connectivity index is -0.000000155. The predicted molar refractivity (Wildman–Crippen MR) is 114 cm³/mol. The molecular weight excluding hydrogens is 292 g/mol. The van der Waals surface area contributed by atoms with Crippen molar-refractivity contribution in [2.24, 2.45) is 11.5 Å². The summed E-state index contributed by atoms with van der Waals surface area (Å²) in [5, 5.41) is 0. The average Bonchev–Trinajstić information content (AvgIpc) is 2.70. The van der Waals surface area contributed by atoms with Crippen molar-refractivity contribution in [2.45, 2.75) is 61.8 Å². The van der Waals surface area contributed by atoms with Crippen LogP contribution in [0.1, 0.15) is 66.5 Å². The van der Waals surface area contributed by atoms with E-state index in [0.29, 0.717) is 0 Å². The summed E-state index contributed by atoms with van der Waals surface area (Å²) in [5.41, 5.74) is 12.0. The molecule has 0 saturated heterocycles. The molecule has 140 valence electrons. The fourth-order valence-electron chi connectivity index (χ4n) is 1.43. The summed E-state index contributed by atoms with van der Waals surface area (Å²) in [6.45, 7) is 16.2. The molecule has 2 aromatic rings. The lowest BCUT2D eigenvalue weighted by atomic mass is 10.1. The molecule has 0 aromatic heterocycles. The Labute approximate surface area is 152 Å². The zero-order chi connectivity index (χ0) is 19.6. The molecule has 0 amide bonds. The van der Waals surface area contributed by atoms with E-state index in [1.165, 1.54) is 11.1 Å². The van der Waals surface area contributed by atoms with E-state index < -0.39 is 0 Å². The van der Waals surface area contributed by atoms with Gasteiger partial charge in [-0.2, -0.15) is 0 Å². The van der Waals surface area contributed by atoms with Crippen molar-refractivity contribution in [3.05, 3.63) is 71.8 Å². The summed E-state index contributed by atoms with van der Waals surface area (Å²) in [6.07, 6.45) is 1.03. The van der Waals surface area contributed by atoms with E-state index in [4.69, 9.17) is 0 Å². The maximum atomic E-state index is 4.62. The van der Waals surface area contributed by atoms with Crippen LogP contribution < -0.4 is 11.5 Å². The molecule has 0 spiro atoms. The Bertz CT molecular complexity index is 334. The van der Waals surface area contributed by atoms with E-state index in [0.717, 1.165) is 6.42 Å². The number of benzene rings is 2. The highest BCUT2D eigenvalue weighted by molar-refractivity contribution is 5.25. The second kappa shape index (κ2) is 33.1. The third-order valence-corrected chi connectivity index (χ3v) is 2.09. The van der Waals surface area contributed by atoms with Gasteiger partial charge >= 0.3 is 0 Å². The molecule has 0 fully saturated rings. The van der Waals surface area contributed by atoms with Crippen LogP contribution in [-0.2, 0) is 6.42 Å². The first kappa shape index (κ1) is 30.3. The smallest absolute Gasteiger partial charge is 0.0403 e. The SMILES string of the molecule is CC.CC.CC.CC.NCN.c1ccc(Cc2ccccc2)cc1. The molecule has 0 unspecified atom stereocenters. The predicted octanol–water partition coefficient (Wildman–Crippen LogP) is 6.24. The van der Waals surface area contributed by atoms with Gasteiger partial charge in [-0.05, 0) is 17.5 Å². The molecule has 0 saturated carbocycles. The quantitative estimate of drug-likeness (QED) is 0.638. The zero-order valence-corrected chi connectivity index (χ0v) is 17.3. The molecule has 0 atom stereocenters. The highest BCUT2D eigenvalue weighted by Crippen LogP contribution is 2.07. The summed E-state index contributed by atoms with van der Waals surface area (Å²) in [4.78, 5) is 0. The molecule has 24 heavy (non-hydrogen) atoms. The van der Waals surface area contributed by atoms with Gasteiger partial charge < -0.3 is 11.5 Å². The molecule has 0 radical (unpaired) electrons. The molecule has 2 aromatic carbocycles. The lowest BCUT2D eigenvalue weighted by Gasteiger charge is -2.00. The van der Waals surface area contributed by atoms with Crippen LogP contribution in [0.4, 0.5) is 0 Å². The van der Waals surface area contributed by atoms with Gasteiger partial charge in [0.1, 0.15) is 0 Å². The molecular formula is C22H42N2. The van der Waals surface area contributed by atoms with Gasteiger partial charge in [-0.25, -0.2) is 0 Å². The fourth-order valence-corrected chi connectivity index (χ4v) is 1.43. The summed E-state index contributed by atoms with van der Waals surface area (Å²) >= 11 is 0. The summed E-state index contributed by atoms with van der Waals surface area (Å²) in [7, 11) is 0. The van der Waals surface area contributed by atoms with Crippen LogP contribution >= 0.6 is 0 Å². The second-order valence-electron chi connectivity index (χ2n) is 3.38. The van der Waals surface area contributed by atoms with E-state index in [2.05, 4.69) is 72.1 Å². The van der Waals surface area contributed by atoms with E-state index in [1.807, 2.05) is 55.4 Å². The minimum absolute atomic E-state index is 0.250. The lowest BCUT2D eigenvalue weighted by molar-refractivity contribution is 1.07. The topological polar surface area (TPSA) is 52.0 Å². The third kappa shape index (κ3) is 22.6. The Morgan fingerprint density at radius 3 is 0.917 bits per heavy atom. The maximum absolute atomic E-state index is 4.62. The highest BCUT2D eigenvalue weighted by atomic mass is 14.7. The van der Waals surface area contributed by atoms with Gasteiger partial charge in [0.05, 0.1) is 0 Å². The van der Waals surface area contributed by atoms with Crippen LogP contribution in [0.3, 0.4) is 0 Å². The minimum Gasteiger partial charge on any atom is -0.319 e. The van der Waals surface area contributed by atoms with Gasteiger partial charge in [0.25, 0.3) is 0 Å². The number of rotatable bonds is 2. The van der Waals surface area contributed by atoms with Gasteiger partial charge in [0, 0.05) is 6.67 Å². The third-order valence-electron chi connectivity index (χ3n) is 2.09. The van der Waals surface area contributed by atoms with Crippen molar-refractivity contribution in [3.63, 3.8) is 0 Å². The molecule has 2 nitrogen and oxygen atoms in total. The molecule has 0 aliphatic rings. The monoisotopic (exact) mass is 334 g/mol. The average molecular weight is 335 g/mol. The minimum atomic E-state index is 0.250. The van der Waals surface area contributed by atoms with Gasteiger partial charge in [0.15, 0.2) is 0 Å². The number of hydrogen-bond acceptors (Lipinski definition) is 2. The second-order valence-corrected chi connectivity index (χ2v) is 3.38. The van der Waals surface area contributed by atoms with E-state index in [1.54, 1.807) is 0 Å². The van der Waals surface area contributed by atoms with Gasteiger partial charge in [-0.15, -0.1) is 0 Å². The first-order valence-electron chi connectivity index (χ1n) is 9.34. The highest BCUT2D eigenvalue weighted by Gasteiger charge is 1.92. The first-order chi connectivity index (χ1) is 11.9. The Morgan fingerprint density at radius 1 is 0.500 bits per heavy atom. The van der Waals surface area contributed by atoms with Crippen molar-refractivity contribution < 1.29 is 0 Å². The first-order valence-corrected chi connectivity index (χ1v) is 9.34. The largest absolute Gasteiger partial charge is 0.319 e. The Hall–Kier alpha value is -1.64. The number of nitrogens with two attached hydrogens (primary N) is 2. The molecule has 0 bridgehead atoms. The van der Waals surface area contributed by atoms with Crippen LogP contribution in [0.25, 0.3) is 0 Å². The van der Waals surface area contributed by atoms with Crippen LogP contribution in [0, 0.1) is 0 Å². The van der Waals surface area contributed by atoms with E-state index in [-0.39, 0.29) is 6.67 Å². The molecule has 2 heteroatoms. The van der Waals surface area contributed by atoms with Crippen molar-refractivity contribution >= 4 is 0 Å². The van der Waals surface area contributed by atoms with E-state index in [9.17, 15) is 0 Å². The van der Waals surface area contributed by atoms with Crippen molar-refractivity contribution in [1.82, 2.24) is 0 Å². The molecule has 0 heterocycles. The standard InChI is InChI=1S/C13H12.4C2H6.CH6N2/c1-3-7-12(8-4-1)11-13-9-5-2-6-10-13;4*1-2;2-1-3/h1-10H,11H2;4*1-2H3;1-3H2. The molecule has 0 aliphatic heterocycles. The van der Waals surface area contributed by atoms with Crippen LogP contribution in [-0.4, -0.2) is 6.67 Å². The Morgan fingerprint density at radius 2 is 0.708 bits per heavy atom. The summed E-state index contributed by atoms with van der Waals surface area (Å²) < 4.78 is 0. The van der Waals surface area contributed by atoms with Crippen LogP contribution in [0.2, 0.25) is 0 Å². The molecule has 2 rings (SSSR count).